The Bertz CT molecular complexity index is 1090. The van der Waals surface area contributed by atoms with Crippen molar-refractivity contribution in [3.05, 3.63) is 59.7 Å². The third-order valence-electron chi connectivity index (χ3n) is 9.86. The third kappa shape index (κ3) is 2.84. The van der Waals surface area contributed by atoms with Crippen molar-refractivity contribution in [2.45, 2.75) is 70.4 Å². The molecule has 8 atom stereocenters. The highest BCUT2D eigenvalue weighted by atomic mass is 19.1. The molecule has 0 bridgehead atoms. The standard InChI is InChI=1S/C28H34FNO4/c1-17-13-22-21-10-9-19-14-20(31)11-12-25(19,2)27(21,29)23(32)15-26(22,3)28(17,34)24(33)30-16-18-7-5-4-6-8-18/h4-8,11-12,14,17,21-23,32,34H,9-10,13,15-16H2,1-3H3,(H,30,33)/t17-,21+,22+,23+,25+,26+,27+,28+/m1/s1. The lowest BCUT2D eigenvalue weighted by Gasteiger charge is -2.62. The Morgan fingerprint density at radius 3 is 2.62 bits per heavy atom. The number of allylic oxidation sites excluding steroid dienone is 4. The van der Waals surface area contributed by atoms with Crippen molar-refractivity contribution >= 4 is 11.7 Å². The number of hydrogen-bond acceptors (Lipinski definition) is 4. The van der Waals surface area contributed by atoms with Crippen LogP contribution >= 0.6 is 0 Å². The summed E-state index contributed by atoms with van der Waals surface area (Å²) in [6.45, 7) is 5.77. The molecule has 5 rings (SSSR count). The lowest BCUT2D eigenvalue weighted by Crippen LogP contribution is -2.70. The van der Waals surface area contributed by atoms with Gasteiger partial charge in [-0.1, -0.05) is 55.8 Å². The smallest absolute Gasteiger partial charge is 0.253 e. The van der Waals surface area contributed by atoms with Gasteiger partial charge in [0.05, 0.1) is 6.10 Å². The Labute approximate surface area is 200 Å². The zero-order valence-corrected chi connectivity index (χ0v) is 20.1. The molecule has 1 aromatic carbocycles. The number of carbonyl (C=O) groups is 2. The molecule has 0 aromatic heterocycles. The van der Waals surface area contributed by atoms with Crippen molar-refractivity contribution < 1.29 is 24.2 Å². The van der Waals surface area contributed by atoms with Crippen molar-refractivity contribution in [1.29, 1.82) is 0 Å². The van der Waals surface area contributed by atoms with Crippen molar-refractivity contribution in [3.63, 3.8) is 0 Å². The molecule has 4 aliphatic rings. The van der Waals surface area contributed by atoms with Crippen molar-refractivity contribution in [2.24, 2.45) is 28.6 Å². The molecule has 0 spiro atoms. The molecule has 3 N–H and O–H groups in total. The molecule has 34 heavy (non-hydrogen) atoms. The van der Waals surface area contributed by atoms with Crippen molar-refractivity contribution in [2.75, 3.05) is 0 Å². The maximum atomic E-state index is 17.2. The molecule has 4 aliphatic carbocycles. The third-order valence-corrected chi connectivity index (χ3v) is 9.86. The van der Waals surface area contributed by atoms with E-state index in [1.807, 2.05) is 44.2 Å². The number of halogens is 1. The number of ketones is 1. The second-order valence-corrected chi connectivity index (χ2v) is 11.3. The molecule has 182 valence electrons. The Balaban J connectivity index is 1.49. The average Bonchev–Trinajstić information content (AvgIpc) is 3.01. The van der Waals surface area contributed by atoms with E-state index in [1.165, 1.54) is 12.2 Å². The van der Waals surface area contributed by atoms with Gasteiger partial charge in [0.2, 0.25) is 0 Å². The zero-order valence-electron chi connectivity index (χ0n) is 20.1. The summed E-state index contributed by atoms with van der Waals surface area (Å²) >= 11 is 0. The first-order valence-electron chi connectivity index (χ1n) is 12.3. The molecule has 0 saturated heterocycles. The summed E-state index contributed by atoms with van der Waals surface area (Å²) in [5, 5.41) is 26.3. The summed E-state index contributed by atoms with van der Waals surface area (Å²) in [4.78, 5) is 25.5. The summed E-state index contributed by atoms with van der Waals surface area (Å²) in [5.74, 6) is -1.80. The van der Waals surface area contributed by atoms with E-state index in [0.29, 0.717) is 25.8 Å². The second-order valence-electron chi connectivity index (χ2n) is 11.3. The first kappa shape index (κ1) is 23.4. The van der Waals surface area contributed by atoms with Crippen LogP contribution in [0, 0.1) is 28.6 Å². The van der Waals surface area contributed by atoms with E-state index in [2.05, 4.69) is 5.32 Å². The van der Waals surface area contributed by atoms with Crippen LogP contribution in [-0.4, -0.2) is 39.3 Å². The van der Waals surface area contributed by atoms with Gasteiger partial charge in [-0.25, -0.2) is 4.39 Å². The Morgan fingerprint density at radius 2 is 1.91 bits per heavy atom. The Kier molecular flexibility index (Phi) is 5.23. The van der Waals surface area contributed by atoms with E-state index in [4.69, 9.17) is 0 Å². The highest BCUT2D eigenvalue weighted by Crippen LogP contribution is 2.70. The fraction of sp³-hybridized carbons (Fsp3) is 0.571. The minimum absolute atomic E-state index is 0.0189. The molecular formula is C28H34FNO4. The summed E-state index contributed by atoms with van der Waals surface area (Å²) in [6, 6.07) is 9.50. The number of fused-ring (bicyclic) bond motifs is 5. The number of hydrogen-bond donors (Lipinski definition) is 3. The molecule has 1 aromatic rings. The zero-order chi connectivity index (χ0) is 24.5. The number of nitrogens with one attached hydrogen (secondary N) is 1. The number of carbonyl (C=O) groups excluding carboxylic acids is 2. The molecular weight excluding hydrogens is 433 g/mol. The Morgan fingerprint density at radius 1 is 1.21 bits per heavy atom. The monoisotopic (exact) mass is 467 g/mol. The van der Waals surface area contributed by atoms with E-state index in [9.17, 15) is 19.8 Å². The van der Waals surface area contributed by atoms with Crippen LogP contribution in [0.25, 0.3) is 0 Å². The van der Waals surface area contributed by atoms with Gasteiger partial charge in [-0.3, -0.25) is 9.59 Å². The largest absolute Gasteiger partial charge is 0.390 e. The normalized spacial score (nSPS) is 45.1. The first-order chi connectivity index (χ1) is 16.0. The number of amides is 1. The predicted octanol–water partition coefficient (Wildman–Crippen LogP) is 3.65. The second kappa shape index (κ2) is 7.59. The maximum Gasteiger partial charge on any atom is 0.253 e. The van der Waals surface area contributed by atoms with Crippen LogP contribution < -0.4 is 5.32 Å². The SMILES string of the molecule is C[C@@H]1C[C@H]2[C@@H]3CCC4=CC(=O)C=C[C@]4(C)[C@@]3(F)[C@@H](O)C[C@]2(C)[C@@]1(O)C(=O)NCc1ccccc1. The van der Waals surface area contributed by atoms with Gasteiger partial charge in [-0.15, -0.1) is 0 Å². The fourth-order valence-corrected chi connectivity index (χ4v) is 7.94. The fourth-order valence-electron chi connectivity index (χ4n) is 7.94. The average molecular weight is 468 g/mol. The van der Waals surface area contributed by atoms with Gasteiger partial charge >= 0.3 is 0 Å². The lowest BCUT2D eigenvalue weighted by molar-refractivity contribution is -0.219. The van der Waals surface area contributed by atoms with Crippen LogP contribution in [0.1, 0.15) is 52.0 Å². The van der Waals surface area contributed by atoms with Crippen molar-refractivity contribution in [3.8, 4) is 0 Å². The molecule has 0 radical (unpaired) electrons. The van der Waals surface area contributed by atoms with Gasteiger partial charge in [0.15, 0.2) is 17.1 Å². The van der Waals surface area contributed by atoms with Crippen LogP contribution in [0.2, 0.25) is 0 Å². The molecule has 3 saturated carbocycles. The number of aliphatic hydroxyl groups excluding tert-OH is 1. The van der Waals surface area contributed by atoms with Gasteiger partial charge in [-0.2, -0.15) is 0 Å². The molecule has 0 heterocycles. The van der Waals surface area contributed by atoms with Crippen LogP contribution in [0.15, 0.2) is 54.1 Å². The molecule has 0 aliphatic heterocycles. The molecule has 6 heteroatoms. The summed E-state index contributed by atoms with van der Waals surface area (Å²) in [6.07, 6.45) is 4.70. The minimum Gasteiger partial charge on any atom is -0.390 e. The Hall–Kier alpha value is -2.31. The van der Waals surface area contributed by atoms with E-state index >= 15 is 4.39 Å². The minimum atomic E-state index is -1.97. The predicted molar refractivity (Wildman–Crippen MR) is 126 cm³/mol. The number of benzene rings is 1. The van der Waals surface area contributed by atoms with Crippen LogP contribution in [0.4, 0.5) is 4.39 Å². The summed E-state index contributed by atoms with van der Waals surface area (Å²) in [7, 11) is 0. The number of aliphatic hydroxyl groups is 2. The van der Waals surface area contributed by atoms with Crippen LogP contribution in [0.3, 0.4) is 0 Å². The van der Waals surface area contributed by atoms with E-state index < -0.39 is 40.0 Å². The van der Waals surface area contributed by atoms with Gasteiger partial charge in [0, 0.05) is 23.3 Å². The quantitative estimate of drug-likeness (QED) is 0.633. The number of alkyl halides is 1. The van der Waals surface area contributed by atoms with Gasteiger partial charge in [0.25, 0.3) is 5.91 Å². The highest BCUT2D eigenvalue weighted by Gasteiger charge is 2.75. The summed E-state index contributed by atoms with van der Waals surface area (Å²) in [5.41, 5.74) is -4.09. The molecule has 0 unspecified atom stereocenters. The molecule has 3 fully saturated rings. The van der Waals surface area contributed by atoms with E-state index in [0.717, 1.165) is 11.1 Å². The topological polar surface area (TPSA) is 86.6 Å². The van der Waals surface area contributed by atoms with E-state index in [-0.39, 0.29) is 24.0 Å². The van der Waals surface area contributed by atoms with Crippen molar-refractivity contribution in [1.82, 2.24) is 5.32 Å². The lowest BCUT2D eigenvalue weighted by atomic mass is 9.44. The first-order valence-corrected chi connectivity index (χ1v) is 12.3. The number of rotatable bonds is 3. The summed E-state index contributed by atoms with van der Waals surface area (Å²) < 4.78 is 17.2. The van der Waals surface area contributed by atoms with Crippen LogP contribution in [-0.2, 0) is 16.1 Å². The van der Waals surface area contributed by atoms with E-state index in [1.54, 1.807) is 13.0 Å². The van der Waals surface area contributed by atoms with Gasteiger partial charge < -0.3 is 15.5 Å². The van der Waals surface area contributed by atoms with Gasteiger partial charge in [0.1, 0.15) is 0 Å². The highest BCUT2D eigenvalue weighted by molar-refractivity contribution is 6.01. The van der Waals surface area contributed by atoms with Gasteiger partial charge in [-0.05, 0) is 62.2 Å². The van der Waals surface area contributed by atoms with Crippen LogP contribution in [0.5, 0.6) is 0 Å². The molecule has 1 amide bonds. The maximum absolute atomic E-state index is 17.2. The molecule has 5 nitrogen and oxygen atoms in total.